The molecule has 4 rings (SSSR count). The molecule has 146 valence electrons. The first kappa shape index (κ1) is 18.7. The van der Waals surface area contributed by atoms with Gasteiger partial charge in [-0.15, -0.1) is 0 Å². The van der Waals surface area contributed by atoms with Crippen LogP contribution in [0.25, 0.3) is 11.0 Å². The van der Waals surface area contributed by atoms with Crippen LogP contribution in [-0.4, -0.2) is 22.0 Å². The molecule has 2 aromatic carbocycles. The summed E-state index contributed by atoms with van der Waals surface area (Å²) in [7, 11) is 0. The molecule has 1 amide bonds. The number of anilines is 1. The first-order valence-electron chi connectivity index (χ1n) is 10.4. The van der Waals surface area contributed by atoms with Gasteiger partial charge in [-0.1, -0.05) is 37.6 Å². The maximum absolute atomic E-state index is 12.8. The highest BCUT2D eigenvalue weighted by atomic mass is 16.2. The van der Waals surface area contributed by atoms with E-state index in [0.29, 0.717) is 19.0 Å². The molecule has 4 heteroatoms. The van der Waals surface area contributed by atoms with Crippen molar-refractivity contribution < 1.29 is 4.79 Å². The highest BCUT2D eigenvalue weighted by Crippen LogP contribution is 2.34. The Morgan fingerprint density at radius 1 is 1.11 bits per heavy atom. The van der Waals surface area contributed by atoms with E-state index in [0.717, 1.165) is 29.0 Å². The van der Waals surface area contributed by atoms with Gasteiger partial charge in [0.05, 0.1) is 11.0 Å². The number of aromatic nitrogens is 2. The van der Waals surface area contributed by atoms with E-state index in [9.17, 15) is 4.79 Å². The fourth-order valence-electron chi connectivity index (χ4n) is 4.25. The smallest absolute Gasteiger partial charge is 0.227 e. The first-order chi connectivity index (χ1) is 13.6. The predicted octanol–water partition coefficient (Wildman–Crippen LogP) is 5.48. The summed E-state index contributed by atoms with van der Waals surface area (Å²) in [5.74, 6) is 1.35. The van der Waals surface area contributed by atoms with E-state index in [1.807, 2.05) is 11.0 Å². The van der Waals surface area contributed by atoms with Gasteiger partial charge in [0, 0.05) is 30.6 Å². The summed E-state index contributed by atoms with van der Waals surface area (Å²) in [6.07, 6.45) is 4.03. The highest BCUT2D eigenvalue weighted by Gasteiger charge is 2.35. The topological polar surface area (TPSA) is 38.1 Å². The van der Waals surface area contributed by atoms with Gasteiger partial charge in [-0.2, -0.15) is 0 Å². The summed E-state index contributed by atoms with van der Waals surface area (Å²) in [6, 6.07) is 17.1. The van der Waals surface area contributed by atoms with Crippen LogP contribution < -0.4 is 4.90 Å². The van der Waals surface area contributed by atoms with Crippen LogP contribution in [0.3, 0.4) is 0 Å². The Balaban J connectivity index is 1.60. The molecule has 28 heavy (non-hydrogen) atoms. The van der Waals surface area contributed by atoms with Gasteiger partial charge < -0.3 is 9.47 Å². The number of nitrogens with zero attached hydrogens (tertiary/aromatic N) is 3. The lowest BCUT2D eigenvalue weighted by Crippen LogP contribution is -2.24. The lowest BCUT2D eigenvalue weighted by Gasteiger charge is -2.19. The lowest BCUT2D eigenvalue weighted by atomic mass is 10.1. The molecule has 1 aromatic heterocycles. The highest BCUT2D eigenvalue weighted by molar-refractivity contribution is 5.96. The first-order valence-corrected chi connectivity index (χ1v) is 10.4. The maximum atomic E-state index is 12.8. The molecule has 1 unspecified atom stereocenters. The Hall–Kier alpha value is -2.62. The van der Waals surface area contributed by atoms with Gasteiger partial charge in [0.15, 0.2) is 0 Å². The van der Waals surface area contributed by atoms with Crippen LogP contribution in [0.15, 0.2) is 48.5 Å². The van der Waals surface area contributed by atoms with Gasteiger partial charge in [-0.3, -0.25) is 4.79 Å². The van der Waals surface area contributed by atoms with E-state index in [2.05, 4.69) is 67.8 Å². The largest absolute Gasteiger partial charge is 0.325 e. The minimum atomic E-state index is 0.127. The number of fused-ring (bicyclic) bond motifs is 1. The third kappa shape index (κ3) is 3.44. The van der Waals surface area contributed by atoms with Crippen molar-refractivity contribution in [2.24, 2.45) is 0 Å². The summed E-state index contributed by atoms with van der Waals surface area (Å²) in [5, 5.41) is 0. The number of imidazole rings is 1. The molecular weight excluding hydrogens is 346 g/mol. The minimum absolute atomic E-state index is 0.127. The predicted molar refractivity (Wildman–Crippen MR) is 115 cm³/mol. The number of aryl methyl sites for hydroxylation is 1. The number of amides is 1. The Labute approximate surface area is 167 Å². The fourth-order valence-corrected chi connectivity index (χ4v) is 4.25. The molecule has 0 spiro atoms. The van der Waals surface area contributed by atoms with Crippen LogP contribution in [-0.2, 0) is 11.2 Å². The van der Waals surface area contributed by atoms with Crippen molar-refractivity contribution in [3.05, 3.63) is 59.9 Å². The maximum Gasteiger partial charge on any atom is 0.227 e. The lowest BCUT2D eigenvalue weighted by molar-refractivity contribution is -0.117. The zero-order valence-electron chi connectivity index (χ0n) is 17.1. The van der Waals surface area contributed by atoms with Crippen molar-refractivity contribution in [3.63, 3.8) is 0 Å². The molecule has 1 aliphatic heterocycles. The third-order valence-corrected chi connectivity index (χ3v) is 5.70. The summed E-state index contributed by atoms with van der Waals surface area (Å²) in [6.45, 7) is 7.27. The summed E-state index contributed by atoms with van der Waals surface area (Å²) in [4.78, 5) is 19.6. The fraction of sp³-hybridized carbons (Fsp3) is 0.417. The average Bonchev–Trinajstić information content (AvgIpc) is 3.27. The molecule has 2 heterocycles. The van der Waals surface area contributed by atoms with Gasteiger partial charge in [-0.05, 0) is 56.5 Å². The number of unbranched alkanes of at least 4 members (excludes halogenated alkanes) is 1. The zero-order valence-corrected chi connectivity index (χ0v) is 17.1. The summed E-state index contributed by atoms with van der Waals surface area (Å²) < 4.78 is 2.30. The molecule has 3 aromatic rings. The van der Waals surface area contributed by atoms with Crippen LogP contribution in [0.2, 0.25) is 0 Å². The van der Waals surface area contributed by atoms with Crippen molar-refractivity contribution in [1.82, 2.24) is 9.55 Å². The normalized spacial score (nSPS) is 17.2. The van der Waals surface area contributed by atoms with Crippen molar-refractivity contribution in [3.8, 4) is 0 Å². The van der Waals surface area contributed by atoms with E-state index in [4.69, 9.17) is 4.98 Å². The Bertz CT molecular complexity index is 971. The molecule has 0 saturated carbocycles. The number of rotatable bonds is 6. The molecule has 1 aliphatic rings. The Morgan fingerprint density at radius 3 is 2.57 bits per heavy atom. The van der Waals surface area contributed by atoms with E-state index in [1.165, 1.54) is 18.4 Å². The number of para-hydroxylation sites is 2. The molecule has 1 saturated heterocycles. The zero-order chi connectivity index (χ0) is 19.7. The van der Waals surface area contributed by atoms with Gasteiger partial charge in [0.25, 0.3) is 0 Å². The molecule has 0 bridgehead atoms. The van der Waals surface area contributed by atoms with Crippen molar-refractivity contribution >= 4 is 22.6 Å². The number of hydrogen-bond acceptors (Lipinski definition) is 2. The van der Waals surface area contributed by atoms with Crippen LogP contribution >= 0.6 is 0 Å². The summed E-state index contributed by atoms with van der Waals surface area (Å²) in [5.41, 5.74) is 4.51. The van der Waals surface area contributed by atoms with Gasteiger partial charge in [0.2, 0.25) is 5.91 Å². The van der Waals surface area contributed by atoms with Crippen LogP contribution in [0, 0.1) is 0 Å². The molecule has 1 fully saturated rings. The van der Waals surface area contributed by atoms with Gasteiger partial charge >= 0.3 is 0 Å². The number of benzene rings is 2. The van der Waals surface area contributed by atoms with E-state index < -0.39 is 0 Å². The standard InChI is InChI=1S/C24H29N3O/c1-4-5-8-18-11-13-20(14-12-18)26-16-19(15-23(26)28)24-25-21-9-6-7-10-22(21)27(24)17(2)3/h6-7,9-14,17,19H,4-5,8,15-16H2,1-3H3. The van der Waals surface area contributed by atoms with E-state index >= 15 is 0 Å². The minimum Gasteiger partial charge on any atom is -0.325 e. The SMILES string of the molecule is CCCCc1ccc(N2CC(c3nc4ccccc4n3C(C)C)CC2=O)cc1. The van der Waals surface area contributed by atoms with E-state index in [1.54, 1.807) is 0 Å². The second-order valence-corrected chi connectivity index (χ2v) is 8.10. The van der Waals surface area contributed by atoms with Crippen LogP contribution in [0.4, 0.5) is 5.69 Å². The second kappa shape index (κ2) is 7.78. The van der Waals surface area contributed by atoms with Crippen LogP contribution in [0.5, 0.6) is 0 Å². The van der Waals surface area contributed by atoms with Crippen molar-refractivity contribution in [1.29, 1.82) is 0 Å². The summed E-state index contributed by atoms with van der Waals surface area (Å²) >= 11 is 0. The molecule has 1 atom stereocenters. The average molecular weight is 376 g/mol. The number of hydrogen-bond donors (Lipinski definition) is 0. The molecule has 4 nitrogen and oxygen atoms in total. The van der Waals surface area contributed by atoms with Crippen molar-refractivity contribution in [2.45, 2.75) is 58.4 Å². The number of carbonyl (C=O) groups is 1. The monoisotopic (exact) mass is 375 g/mol. The van der Waals surface area contributed by atoms with Gasteiger partial charge in [0.1, 0.15) is 5.82 Å². The second-order valence-electron chi connectivity index (χ2n) is 8.10. The molecule has 0 radical (unpaired) electrons. The van der Waals surface area contributed by atoms with Gasteiger partial charge in [-0.25, -0.2) is 4.98 Å². The van der Waals surface area contributed by atoms with Crippen molar-refractivity contribution in [2.75, 3.05) is 11.4 Å². The molecular formula is C24H29N3O. The molecule has 0 N–H and O–H groups in total. The quantitative estimate of drug-likeness (QED) is 0.572. The van der Waals surface area contributed by atoms with E-state index in [-0.39, 0.29) is 11.8 Å². The Morgan fingerprint density at radius 2 is 1.86 bits per heavy atom. The Kier molecular flexibility index (Phi) is 5.21. The molecule has 0 aliphatic carbocycles. The third-order valence-electron chi connectivity index (χ3n) is 5.70. The van der Waals surface area contributed by atoms with Crippen LogP contribution in [0.1, 0.15) is 63.4 Å². The number of carbonyl (C=O) groups excluding carboxylic acids is 1.